The highest BCUT2D eigenvalue weighted by Crippen LogP contribution is 2.16. The van der Waals surface area contributed by atoms with Crippen molar-refractivity contribution in [2.75, 3.05) is 5.73 Å². The van der Waals surface area contributed by atoms with Crippen LogP contribution in [0.25, 0.3) is 0 Å². The minimum Gasteiger partial charge on any atom is -0.384 e. The summed E-state index contributed by atoms with van der Waals surface area (Å²) in [6.07, 6.45) is 10.4. The lowest BCUT2D eigenvalue weighted by atomic mass is 10.1. The van der Waals surface area contributed by atoms with Gasteiger partial charge < -0.3 is 10.3 Å². The molecule has 17 heavy (non-hydrogen) atoms. The summed E-state index contributed by atoms with van der Waals surface area (Å²) < 4.78 is 1.97. The number of aromatic nitrogens is 2. The molecule has 0 radical (unpaired) electrons. The summed E-state index contributed by atoms with van der Waals surface area (Å²) in [5.41, 5.74) is 7.07. The molecule has 0 fully saturated rings. The van der Waals surface area contributed by atoms with Crippen LogP contribution in [-0.4, -0.2) is 9.55 Å². The van der Waals surface area contributed by atoms with Crippen molar-refractivity contribution in [1.82, 2.24) is 9.55 Å². The Labute approximate surface area is 105 Å². The van der Waals surface area contributed by atoms with Gasteiger partial charge in [-0.1, -0.05) is 45.4 Å². The Balaban J connectivity index is 2.16. The van der Waals surface area contributed by atoms with Crippen molar-refractivity contribution in [3.63, 3.8) is 0 Å². The maximum atomic E-state index is 5.98. The molecule has 0 saturated heterocycles. The molecule has 0 saturated carbocycles. The third-order valence-electron chi connectivity index (χ3n) is 3.46. The minimum atomic E-state index is 0.841. The van der Waals surface area contributed by atoms with Crippen LogP contribution in [0.4, 0.5) is 5.82 Å². The lowest BCUT2D eigenvalue weighted by molar-refractivity contribution is 0.588. The topological polar surface area (TPSA) is 43.8 Å². The molecule has 1 aromatic heterocycles. The summed E-state index contributed by atoms with van der Waals surface area (Å²) >= 11 is 0. The number of nitrogen functional groups attached to an aromatic ring is 1. The van der Waals surface area contributed by atoms with Gasteiger partial charge in [0, 0.05) is 7.05 Å². The smallest absolute Gasteiger partial charge is 0.126 e. The number of imidazole rings is 1. The van der Waals surface area contributed by atoms with Crippen molar-refractivity contribution in [3.05, 3.63) is 11.5 Å². The fourth-order valence-electron chi connectivity index (χ4n) is 2.13. The van der Waals surface area contributed by atoms with Crippen LogP contribution in [0, 0.1) is 6.92 Å². The molecule has 1 rings (SSSR count). The zero-order valence-electron chi connectivity index (χ0n) is 11.6. The molecule has 3 heteroatoms. The van der Waals surface area contributed by atoms with Crippen LogP contribution in [0.5, 0.6) is 0 Å². The van der Waals surface area contributed by atoms with Gasteiger partial charge >= 0.3 is 0 Å². The van der Waals surface area contributed by atoms with Crippen LogP contribution in [0.3, 0.4) is 0 Å². The van der Waals surface area contributed by atoms with Crippen LogP contribution in [0.15, 0.2) is 0 Å². The van der Waals surface area contributed by atoms with E-state index >= 15 is 0 Å². The molecule has 2 N–H and O–H groups in total. The van der Waals surface area contributed by atoms with Crippen molar-refractivity contribution in [3.8, 4) is 0 Å². The zero-order chi connectivity index (χ0) is 12.7. The lowest BCUT2D eigenvalue weighted by Gasteiger charge is -2.01. The van der Waals surface area contributed by atoms with E-state index in [4.69, 9.17) is 5.73 Å². The molecule has 98 valence electrons. The highest BCUT2D eigenvalue weighted by Gasteiger charge is 2.07. The Morgan fingerprint density at radius 1 is 1.06 bits per heavy atom. The summed E-state index contributed by atoms with van der Waals surface area (Å²) in [5.74, 6) is 1.86. The molecule has 3 nitrogen and oxygen atoms in total. The molecule has 0 bridgehead atoms. The molecular weight excluding hydrogens is 210 g/mol. The number of nitrogens with zero attached hydrogens (tertiary/aromatic N) is 2. The van der Waals surface area contributed by atoms with Gasteiger partial charge in [-0.15, -0.1) is 0 Å². The molecule has 0 aliphatic heterocycles. The average molecular weight is 237 g/mol. The Morgan fingerprint density at radius 3 is 2.18 bits per heavy atom. The molecule has 0 amide bonds. The first-order chi connectivity index (χ1) is 8.16. The standard InChI is InChI=1S/C14H27N3/c1-4-5-6-7-8-9-10-11-13-14(15)17(3)12(2)16-13/h4-11,15H2,1-3H3. The van der Waals surface area contributed by atoms with Crippen molar-refractivity contribution in [1.29, 1.82) is 0 Å². The molecule has 0 aliphatic rings. The number of nitrogens with two attached hydrogens (primary N) is 1. The van der Waals surface area contributed by atoms with E-state index in [1.165, 1.54) is 44.9 Å². The van der Waals surface area contributed by atoms with E-state index in [0.29, 0.717) is 0 Å². The van der Waals surface area contributed by atoms with Crippen LogP contribution < -0.4 is 5.73 Å². The van der Waals surface area contributed by atoms with E-state index in [-0.39, 0.29) is 0 Å². The second kappa shape index (κ2) is 7.36. The first kappa shape index (κ1) is 14.1. The average Bonchev–Trinajstić information content (AvgIpc) is 2.56. The van der Waals surface area contributed by atoms with Crippen LogP contribution >= 0.6 is 0 Å². The van der Waals surface area contributed by atoms with Gasteiger partial charge in [-0.2, -0.15) is 0 Å². The van der Waals surface area contributed by atoms with Gasteiger partial charge in [0.15, 0.2) is 0 Å². The van der Waals surface area contributed by atoms with Gasteiger partial charge in [-0.3, -0.25) is 0 Å². The largest absolute Gasteiger partial charge is 0.384 e. The zero-order valence-corrected chi connectivity index (χ0v) is 11.6. The van der Waals surface area contributed by atoms with Gasteiger partial charge in [0.1, 0.15) is 11.6 Å². The predicted octanol–water partition coefficient (Wildman–Crippen LogP) is 3.60. The number of anilines is 1. The molecule has 0 unspecified atom stereocenters. The van der Waals surface area contributed by atoms with E-state index in [0.717, 1.165) is 23.8 Å². The van der Waals surface area contributed by atoms with E-state index in [9.17, 15) is 0 Å². The summed E-state index contributed by atoms with van der Waals surface area (Å²) in [7, 11) is 1.98. The summed E-state index contributed by atoms with van der Waals surface area (Å²) in [4.78, 5) is 4.49. The number of rotatable bonds is 8. The Bertz CT molecular complexity index is 328. The van der Waals surface area contributed by atoms with Crippen molar-refractivity contribution in [2.24, 2.45) is 7.05 Å². The van der Waals surface area contributed by atoms with Crippen molar-refractivity contribution in [2.45, 2.75) is 65.2 Å². The van der Waals surface area contributed by atoms with Crippen LogP contribution in [0.1, 0.15) is 63.4 Å². The lowest BCUT2D eigenvalue weighted by Crippen LogP contribution is -1.99. The van der Waals surface area contributed by atoms with Gasteiger partial charge in [-0.25, -0.2) is 4.98 Å². The first-order valence-electron chi connectivity index (χ1n) is 6.94. The summed E-state index contributed by atoms with van der Waals surface area (Å²) in [5, 5.41) is 0. The number of hydrogen-bond acceptors (Lipinski definition) is 2. The second-order valence-electron chi connectivity index (χ2n) is 4.92. The maximum absolute atomic E-state index is 5.98. The second-order valence-corrected chi connectivity index (χ2v) is 4.92. The van der Waals surface area contributed by atoms with E-state index in [1.54, 1.807) is 0 Å². The Hall–Kier alpha value is -0.990. The number of hydrogen-bond donors (Lipinski definition) is 1. The Kier molecular flexibility index (Phi) is 6.09. The summed E-state index contributed by atoms with van der Waals surface area (Å²) in [6, 6.07) is 0. The predicted molar refractivity (Wildman–Crippen MR) is 74.1 cm³/mol. The first-order valence-corrected chi connectivity index (χ1v) is 6.94. The molecule has 0 spiro atoms. The van der Waals surface area contributed by atoms with E-state index in [2.05, 4.69) is 11.9 Å². The van der Waals surface area contributed by atoms with E-state index < -0.39 is 0 Å². The molecular formula is C14H27N3. The SMILES string of the molecule is CCCCCCCCCc1nc(C)n(C)c1N. The third-order valence-corrected chi connectivity index (χ3v) is 3.46. The summed E-state index contributed by atoms with van der Waals surface area (Å²) in [6.45, 7) is 4.26. The molecule has 1 aromatic rings. The minimum absolute atomic E-state index is 0.841. The molecule has 0 atom stereocenters. The fraction of sp³-hybridized carbons (Fsp3) is 0.786. The monoisotopic (exact) mass is 237 g/mol. The van der Waals surface area contributed by atoms with Gasteiger partial charge in [0.25, 0.3) is 0 Å². The van der Waals surface area contributed by atoms with Gasteiger partial charge in [0.2, 0.25) is 0 Å². The fourth-order valence-corrected chi connectivity index (χ4v) is 2.13. The van der Waals surface area contributed by atoms with Crippen LogP contribution in [-0.2, 0) is 13.5 Å². The number of unbranched alkanes of at least 4 members (excludes halogenated alkanes) is 6. The Morgan fingerprint density at radius 2 is 1.65 bits per heavy atom. The van der Waals surface area contributed by atoms with Gasteiger partial charge in [0.05, 0.1) is 5.69 Å². The van der Waals surface area contributed by atoms with Crippen molar-refractivity contribution < 1.29 is 0 Å². The highest BCUT2D eigenvalue weighted by molar-refractivity contribution is 5.37. The van der Waals surface area contributed by atoms with E-state index in [1.807, 2.05) is 18.5 Å². The highest BCUT2D eigenvalue weighted by atomic mass is 15.1. The normalized spacial score (nSPS) is 11.0. The molecule has 0 aliphatic carbocycles. The quantitative estimate of drug-likeness (QED) is 0.702. The third kappa shape index (κ3) is 4.41. The van der Waals surface area contributed by atoms with Crippen LogP contribution in [0.2, 0.25) is 0 Å². The van der Waals surface area contributed by atoms with Crippen molar-refractivity contribution >= 4 is 5.82 Å². The maximum Gasteiger partial charge on any atom is 0.126 e. The number of aryl methyl sites for hydroxylation is 2. The van der Waals surface area contributed by atoms with Gasteiger partial charge in [-0.05, 0) is 19.8 Å². The molecule has 0 aromatic carbocycles. The molecule has 1 heterocycles.